The molecule has 2 aromatic heterocycles. The van der Waals surface area contributed by atoms with Crippen molar-refractivity contribution in [3.63, 3.8) is 0 Å². The molecule has 6 nitrogen and oxygen atoms in total. The summed E-state index contributed by atoms with van der Waals surface area (Å²) in [4.78, 5) is 20.2. The molecule has 3 heterocycles. The molecular formula is C21H24ClN5O. The lowest BCUT2D eigenvalue weighted by atomic mass is 10.0. The molecule has 1 atom stereocenters. The number of rotatable bonds is 3. The summed E-state index contributed by atoms with van der Waals surface area (Å²) in [5.41, 5.74) is 3.17. The van der Waals surface area contributed by atoms with Crippen LogP contribution in [0.15, 0.2) is 36.5 Å². The van der Waals surface area contributed by atoms with Gasteiger partial charge in [-0.1, -0.05) is 29.8 Å². The van der Waals surface area contributed by atoms with Crippen LogP contribution >= 0.6 is 11.6 Å². The van der Waals surface area contributed by atoms with Crippen LogP contribution in [0.1, 0.15) is 47.5 Å². The first-order valence-corrected chi connectivity index (χ1v) is 9.96. The summed E-state index contributed by atoms with van der Waals surface area (Å²) in [5, 5.41) is 9.32. The summed E-state index contributed by atoms with van der Waals surface area (Å²) in [6.45, 7) is 8.08. The van der Waals surface area contributed by atoms with Crippen LogP contribution in [-0.2, 0) is 0 Å². The highest BCUT2D eigenvalue weighted by molar-refractivity contribution is 6.31. The van der Waals surface area contributed by atoms with E-state index in [0.717, 1.165) is 28.8 Å². The van der Waals surface area contributed by atoms with Gasteiger partial charge in [-0.3, -0.25) is 4.79 Å². The van der Waals surface area contributed by atoms with Crippen LogP contribution in [0.4, 0.5) is 0 Å². The number of carbonyl (C=O) groups excluding carboxylic acids is 1. The quantitative estimate of drug-likeness (QED) is 0.730. The van der Waals surface area contributed by atoms with Crippen LogP contribution in [0, 0.1) is 6.92 Å². The largest absolute Gasteiger partial charge is 0.329 e. The molecule has 0 bridgehead atoms. The fraction of sp³-hybridized carbons (Fsp3) is 0.381. The highest BCUT2D eigenvalue weighted by Crippen LogP contribution is 2.31. The molecule has 1 amide bonds. The van der Waals surface area contributed by atoms with Crippen molar-refractivity contribution in [1.29, 1.82) is 0 Å². The molecule has 0 spiro atoms. The Kier molecular flexibility index (Phi) is 5.08. The van der Waals surface area contributed by atoms with E-state index in [4.69, 9.17) is 11.6 Å². The molecule has 0 aliphatic carbocycles. The van der Waals surface area contributed by atoms with E-state index in [2.05, 4.69) is 29.2 Å². The Morgan fingerprint density at radius 1 is 1.32 bits per heavy atom. The first-order chi connectivity index (χ1) is 13.5. The third-order valence-electron chi connectivity index (χ3n) is 5.18. The number of fused-ring (bicyclic) bond motifs is 1. The molecule has 1 aromatic carbocycles. The molecule has 0 radical (unpaired) electrons. The van der Waals surface area contributed by atoms with Gasteiger partial charge in [-0.25, -0.2) is 9.67 Å². The first kappa shape index (κ1) is 18.9. The average Bonchev–Trinajstić information content (AvgIpc) is 3.11. The maximum atomic E-state index is 13.6. The van der Waals surface area contributed by atoms with E-state index >= 15 is 0 Å². The lowest BCUT2D eigenvalue weighted by Crippen LogP contribution is -2.48. The number of piperazine rings is 1. The van der Waals surface area contributed by atoms with E-state index in [-0.39, 0.29) is 18.0 Å². The van der Waals surface area contributed by atoms with Crippen molar-refractivity contribution in [2.24, 2.45) is 0 Å². The molecule has 146 valence electrons. The lowest BCUT2D eigenvalue weighted by molar-refractivity contribution is 0.0636. The molecule has 1 saturated heterocycles. The maximum absolute atomic E-state index is 13.6. The van der Waals surface area contributed by atoms with Crippen molar-refractivity contribution in [2.75, 3.05) is 19.6 Å². The van der Waals surface area contributed by atoms with Crippen molar-refractivity contribution in [1.82, 2.24) is 25.0 Å². The van der Waals surface area contributed by atoms with Gasteiger partial charge in [-0.15, -0.1) is 0 Å². The summed E-state index contributed by atoms with van der Waals surface area (Å²) in [6, 6.07) is 9.65. The standard InChI is InChI=1S/C21H24ClN5O/c1-13(2)27-20-17(11-24-27)16(10-14(3)25-20)21(28)26-9-8-23-12-19(26)15-6-4-5-7-18(15)22/h4-7,10-11,13,19,23H,8-9,12H2,1-3H3. The summed E-state index contributed by atoms with van der Waals surface area (Å²) in [6.07, 6.45) is 1.75. The van der Waals surface area contributed by atoms with Crippen molar-refractivity contribution in [2.45, 2.75) is 32.9 Å². The topological polar surface area (TPSA) is 63.1 Å². The smallest absolute Gasteiger partial charge is 0.255 e. The minimum absolute atomic E-state index is 0.00905. The molecule has 1 aliphatic heterocycles. The predicted octanol–water partition coefficient (Wildman–Crippen LogP) is 3.76. The fourth-order valence-electron chi connectivity index (χ4n) is 3.82. The van der Waals surface area contributed by atoms with Crippen molar-refractivity contribution < 1.29 is 4.79 Å². The van der Waals surface area contributed by atoms with Gasteiger partial charge in [0.25, 0.3) is 5.91 Å². The fourth-order valence-corrected chi connectivity index (χ4v) is 4.09. The minimum atomic E-state index is -0.112. The summed E-state index contributed by atoms with van der Waals surface area (Å²) < 4.78 is 1.86. The highest BCUT2D eigenvalue weighted by Gasteiger charge is 2.31. The van der Waals surface area contributed by atoms with Crippen LogP contribution in [0.25, 0.3) is 11.0 Å². The van der Waals surface area contributed by atoms with Crippen LogP contribution in [0.5, 0.6) is 0 Å². The molecule has 28 heavy (non-hydrogen) atoms. The zero-order valence-corrected chi connectivity index (χ0v) is 17.1. The van der Waals surface area contributed by atoms with Crippen LogP contribution in [0.3, 0.4) is 0 Å². The number of aryl methyl sites for hydroxylation is 1. The number of carbonyl (C=O) groups is 1. The zero-order valence-electron chi connectivity index (χ0n) is 16.3. The van der Waals surface area contributed by atoms with Gasteiger partial charge in [-0.2, -0.15) is 5.10 Å². The van der Waals surface area contributed by atoms with E-state index in [0.29, 0.717) is 23.7 Å². The Hall–Kier alpha value is -2.44. The Balaban J connectivity index is 1.79. The molecule has 1 N–H and O–H groups in total. The van der Waals surface area contributed by atoms with Gasteiger partial charge < -0.3 is 10.2 Å². The highest BCUT2D eigenvalue weighted by atomic mass is 35.5. The molecule has 3 aromatic rings. The minimum Gasteiger partial charge on any atom is -0.329 e. The van der Waals surface area contributed by atoms with E-state index in [9.17, 15) is 4.79 Å². The third-order valence-corrected chi connectivity index (χ3v) is 5.53. The predicted molar refractivity (Wildman–Crippen MR) is 111 cm³/mol. The number of amides is 1. The molecule has 0 saturated carbocycles. The van der Waals surface area contributed by atoms with E-state index in [1.165, 1.54) is 0 Å². The van der Waals surface area contributed by atoms with Gasteiger partial charge in [-0.05, 0) is 38.5 Å². The van der Waals surface area contributed by atoms with Crippen LogP contribution in [0.2, 0.25) is 5.02 Å². The summed E-state index contributed by atoms with van der Waals surface area (Å²) in [5.74, 6) is -0.00905. The summed E-state index contributed by atoms with van der Waals surface area (Å²) >= 11 is 6.44. The second-order valence-electron chi connectivity index (χ2n) is 7.47. The van der Waals surface area contributed by atoms with Gasteiger partial charge >= 0.3 is 0 Å². The van der Waals surface area contributed by atoms with Gasteiger partial charge in [0.15, 0.2) is 5.65 Å². The normalized spacial score (nSPS) is 17.5. The van der Waals surface area contributed by atoms with Gasteiger partial charge in [0, 0.05) is 36.4 Å². The van der Waals surface area contributed by atoms with Crippen molar-refractivity contribution >= 4 is 28.5 Å². The number of pyridine rings is 1. The number of hydrogen-bond acceptors (Lipinski definition) is 4. The maximum Gasteiger partial charge on any atom is 0.255 e. The molecule has 1 aliphatic rings. The van der Waals surface area contributed by atoms with E-state index < -0.39 is 0 Å². The van der Waals surface area contributed by atoms with E-state index in [1.54, 1.807) is 6.20 Å². The molecule has 1 fully saturated rings. The first-order valence-electron chi connectivity index (χ1n) is 9.58. The third kappa shape index (κ3) is 3.27. The van der Waals surface area contributed by atoms with Gasteiger partial charge in [0.05, 0.1) is 23.2 Å². The number of nitrogens with zero attached hydrogens (tertiary/aromatic N) is 4. The number of nitrogens with one attached hydrogen (secondary N) is 1. The Morgan fingerprint density at radius 3 is 2.86 bits per heavy atom. The lowest BCUT2D eigenvalue weighted by Gasteiger charge is -2.37. The second-order valence-corrected chi connectivity index (χ2v) is 7.88. The van der Waals surface area contributed by atoms with Crippen LogP contribution in [-0.4, -0.2) is 45.2 Å². The Morgan fingerprint density at radius 2 is 2.11 bits per heavy atom. The van der Waals surface area contributed by atoms with E-state index in [1.807, 2.05) is 46.8 Å². The van der Waals surface area contributed by atoms with Crippen molar-refractivity contribution in [3.8, 4) is 0 Å². The van der Waals surface area contributed by atoms with Crippen LogP contribution < -0.4 is 5.32 Å². The Bertz CT molecular complexity index is 1030. The molecular weight excluding hydrogens is 374 g/mol. The monoisotopic (exact) mass is 397 g/mol. The van der Waals surface area contributed by atoms with Gasteiger partial charge in [0.1, 0.15) is 0 Å². The number of aromatic nitrogens is 3. The second kappa shape index (κ2) is 7.53. The molecule has 4 rings (SSSR count). The van der Waals surface area contributed by atoms with Crippen molar-refractivity contribution in [3.05, 3.63) is 58.4 Å². The SMILES string of the molecule is Cc1cc(C(=O)N2CCNCC2c2ccccc2Cl)c2cnn(C(C)C)c2n1. The number of hydrogen-bond donors (Lipinski definition) is 1. The average molecular weight is 398 g/mol. The summed E-state index contributed by atoms with van der Waals surface area (Å²) in [7, 11) is 0. The number of halogens is 1. The zero-order chi connectivity index (χ0) is 19.8. The number of benzene rings is 1. The molecule has 1 unspecified atom stereocenters. The Labute approximate surface area is 169 Å². The van der Waals surface area contributed by atoms with Gasteiger partial charge in [0.2, 0.25) is 0 Å². The molecule has 7 heteroatoms.